The molecule has 0 atom stereocenters. The van der Waals surface area contributed by atoms with Gasteiger partial charge in [0, 0.05) is 6.54 Å². The molecule has 0 unspecified atom stereocenters. The SMILES string of the molecule is FC(F)(F)C1(NCc2nc3ccccc3s2)CC1. The Kier molecular flexibility index (Phi) is 2.60. The molecule has 0 spiro atoms. The molecule has 1 aliphatic rings. The van der Waals surface area contributed by atoms with E-state index in [0.29, 0.717) is 5.01 Å². The van der Waals surface area contributed by atoms with Crippen molar-refractivity contribution in [3.05, 3.63) is 29.3 Å². The summed E-state index contributed by atoms with van der Waals surface area (Å²) in [6.45, 7) is 0.179. The first kappa shape index (κ1) is 11.9. The van der Waals surface area contributed by atoms with Crippen molar-refractivity contribution in [2.24, 2.45) is 0 Å². The minimum atomic E-state index is -4.16. The van der Waals surface area contributed by atoms with Crippen molar-refractivity contribution < 1.29 is 13.2 Å². The smallest absolute Gasteiger partial charge is 0.297 e. The summed E-state index contributed by atoms with van der Waals surface area (Å²) in [7, 11) is 0. The van der Waals surface area contributed by atoms with Crippen molar-refractivity contribution in [1.29, 1.82) is 0 Å². The maximum Gasteiger partial charge on any atom is 0.406 e. The zero-order chi connectivity index (χ0) is 12.8. The standard InChI is InChI=1S/C12H11F3N2S/c13-12(14,15)11(5-6-11)16-7-10-17-8-3-1-2-4-9(8)18-10/h1-4,16H,5-7H2. The van der Waals surface area contributed by atoms with Crippen LogP contribution in [0.15, 0.2) is 24.3 Å². The van der Waals surface area contributed by atoms with Crippen LogP contribution in [0.4, 0.5) is 13.2 Å². The predicted molar refractivity (Wildman–Crippen MR) is 64.5 cm³/mol. The zero-order valence-corrected chi connectivity index (χ0v) is 10.2. The fraction of sp³-hybridized carbons (Fsp3) is 0.417. The molecule has 0 aliphatic heterocycles. The Hall–Kier alpha value is -1.14. The van der Waals surface area contributed by atoms with E-state index in [1.165, 1.54) is 11.3 Å². The van der Waals surface area contributed by atoms with Crippen LogP contribution >= 0.6 is 11.3 Å². The van der Waals surface area contributed by atoms with Gasteiger partial charge in [0.2, 0.25) is 0 Å². The third-order valence-electron chi connectivity index (χ3n) is 3.21. The Morgan fingerprint density at radius 1 is 1.28 bits per heavy atom. The molecule has 6 heteroatoms. The molecule has 0 bridgehead atoms. The normalized spacial score (nSPS) is 18.2. The highest BCUT2D eigenvalue weighted by Crippen LogP contribution is 2.49. The van der Waals surface area contributed by atoms with Crippen molar-refractivity contribution in [2.75, 3.05) is 0 Å². The molecule has 0 radical (unpaired) electrons. The number of rotatable bonds is 3. The van der Waals surface area contributed by atoms with Crippen molar-refractivity contribution in [2.45, 2.75) is 31.1 Å². The molecule has 1 N–H and O–H groups in total. The predicted octanol–water partition coefficient (Wildman–Crippen LogP) is 3.48. The topological polar surface area (TPSA) is 24.9 Å². The number of fused-ring (bicyclic) bond motifs is 1. The molecule has 96 valence electrons. The van der Waals surface area contributed by atoms with Gasteiger partial charge in [0.05, 0.1) is 10.2 Å². The molecule has 1 aromatic carbocycles. The van der Waals surface area contributed by atoms with E-state index in [1.807, 2.05) is 24.3 Å². The maximum absolute atomic E-state index is 12.7. The van der Waals surface area contributed by atoms with Gasteiger partial charge in [-0.15, -0.1) is 11.3 Å². The van der Waals surface area contributed by atoms with Gasteiger partial charge in [0.15, 0.2) is 0 Å². The molecule has 1 aliphatic carbocycles. The van der Waals surface area contributed by atoms with E-state index in [2.05, 4.69) is 10.3 Å². The summed E-state index contributed by atoms with van der Waals surface area (Å²) in [6.07, 6.45) is -3.83. The van der Waals surface area contributed by atoms with Crippen LogP contribution < -0.4 is 5.32 Å². The number of nitrogens with one attached hydrogen (secondary N) is 1. The van der Waals surface area contributed by atoms with Gasteiger partial charge in [-0.2, -0.15) is 13.2 Å². The molecule has 0 saturated heterocycles. The molecule has 2 aromatic rings. The van der Waals surface area contributed by atoms with Crippen LogP contribution in [0.2, 0.25) is 0 Å². The van der Waals surface area contributed by atoms with Gasteiger partial charge in [0.1, 0.15) is 10.5 Å². The van der Waals surface area contributed by atoms with Crippen molar-refractivity contribution in [3.8, 4) is 0 Å². The molecular formula is C12H11F3N2S. The van der Waals surface area contributed by atoms with Gasteiger partial charge in [-0.3, -0.25) is 5.32 Å². The number of para-hydroxylation sites is 1. The lowest BCUT2D eigenvalue weighted by Gasteiger charge is -2.19. The first-order valence-electron chi connectivity index (χ1n) is 5.66. The number of aromatic nitrogens is 1. The molecule has 1 fully saturated rings. The van der Waals surface area contributed by atoms with Crippen molar-refractivity contribution in [1.82, 2.24) is 10.3 Å². The number of hydrogen-bond donors (Lipinski definition) is 1. The number of nitrogens with zero attached hydrogens (tertiary/aromatic N) is 1. The van der Waals surface area contributed by atoms with E-state index < -0.39 is 11.7 Å². The fourth-order valence-electron chi connectivity index (χ4n) is 1.93. The first-order valence-corrected chi connectivity index (χ1v) is 6.48. The lowest BCUT2D eigenvalue weighted by atomic mass is 10.2. The van der Waals surface area contributed by atoms with Gasteiger partial charge in [0.25, 0.3) is 0 Å². The summed E-state index contributed by atoms with van der Waals surface area (Å²) in [6, 6.07) is 7.56. The van der Waals surface area contributed by atoms with Crippen LogP contribution in [-0.4, -0.2) is 16.7 Å². The minimum absolute atomic E-state index is 0.168. The summed E-state index contributed by atoms with van der Waals surface area (Å²) in [5.74, 6) is 0. The first-order chi connectivity index (χ1) is 8.50. The van der Waals surface area contributed by atoms with E-state index in [4.69, 9.17) is 0 Å². The van der Waals surface area contributed by atoms with Crippen LogP contribution in [0.5, 0.6) is 0 Å². The number of halogens is 3. The van der Waals surface area contributed by atoms with E-state index in [1.54, 1.807) is 0 Å². The summed E-state index contributed by atoms with van der Waals surface area (Å²) < 4.78 is 39.2. The van der Waals surface area contributed by atoms with Gasteiger partial charge in [-0.1, -0.05) is 12.1 Å². The second-order valence-corrected chi connectivity index (χ2v) is 5.62. The number of thiazole rings is 1. The molecule has 3 rings (SSSR count). The Morgan fingerprint density at radius 2 is 2.00 bits per heavy atom. The summed E-state index contributed by atoms with van der Waals surface area (Å²) >= 11 is 1.44. The molecule has 1 aromatic heterocycles. The Bertz CT molecular complexity index is 539. The Morgan fingerprint density at radius 3 is 2.61 bits per heavy atom. The number of hydrogen-bond acceptors (Lipinski definition) is 3. The third-order valence-corrected chi connectivity index (χ3v) is 4.25. The van der Waals surface area contributed by atoms with E-state index in [-0.39, 0.29) is 19.4 Å². The van der Waals surface area contributed by atoms with E-state index in [0.717, 1.165) is 10.2 Å². The lowest BCUT2D eigenvalue weighted by molar-refractivity contribution is -0.166. The summed E-state index contributed by atoms with van der Waals surface area (Å²) in [4.78, 5) is 4.31. The lowest BCUT2D eigenvalue weighted by Crippen LogP contribution is -2.44. The van der Waals surface area contributed by atoms with Gasteiger partial charge in [-0.25, -0.2) is 4.98 Å². The molecule has 1 heterocycles. The van der Waals surface area contributed by atoms with Gasteiger partial charge < -0.3 is 0 Å². The Labute approximate surface area is 106 Å². The van der Waals surface area contributed by atoms with Crippen LogP contribution in [0.25, 0.3) is 10.2 Å². The minimum Gasteiger partial charge on any atom is -0.297 e. The highest BCUT2D eigenvalue weighted by Gasteiger charge is 2.63. The van der Waals surface area contributed by atoms with E-state index >= 15 is 0 Å². The largest absolute Gasteiger partial charge is 0.406 e. The highest BCUT2D eigenvalue weighted by molar-refractivity contribution is 7.18. The van der Waals surface area contributed by atoms with Crippen LogP contribution in [-0.2, 0) is 6.54 Å². The summed E-state index contributed by atoms with van der Waals surface area (Å²) in [5, 5.41) is 3.31. The van der Waals surface area contributed by atoms with Crippen LogP contribution in [0.1, 0.15) is 17.8 Å². The van der Waals surface area contributed by atoms with Crippen LogP contribution in [0.3, 0.4) is 0 Å². The monoisotopic (exact) mass is 272 g/mol. The quantitative estimate of drug-likeness (QED) is 0.925. The third kappa shape index (κ3) is 1.99. The van der Waals surface area contributed by atoms with Gasteiger partial charge >= 0.3 is 6.18 Å². The van der Waals surface area contributed by atoms with E-state index in [9.17, 15) is 13.2 Å². The molecular weight excluding hydrogens is 261 g/mol. The molecule has 0 amide bonds. The fourth-order valence-corrected chi connectivity index (χ4v) is 2.83. The molecule has 18 heavy (non-hydrogen) atoms. The molecule has 1 saturated carbocycles. The van der Waals surface area contributed by atoms with Crippen LogP contribution in [0, 0.1) is 0 Å². The number of alkyl halides is 3. The average Bonchev–Trinajstić information content (AvgIpc) is 3.00. The van der Waals surface area contributed by atoms with Crippen molar-refractivity contribution in [3.63, 3.8) is 0 Å². The second kappa shape index (κ2) is 3.93. The highest BCUT2D eigenvalue weighted by atomic mass is 32.1. The Balaban J connectivity index is 1.74. The van der Waals surface area contributed by atoms with Gasteiger partial charge in [-0.05, 0) is 25.0 Å². The number of benzene rings is 1. The second-order valence-electron chi connectivity index (χ2n) is 4.51. The molecule has 2 nitrogen and oxygen atoms in total. The van der Waals surface area contributed by atoms with Crippen molar-refractivity contribution >= 4 is 21.6 Å². The average molecular weight is 272 g/mol. The zero-order valence-electron chi connectivity index (χ0n) is 9.42. The maximum atomic E-state index is 12.7. The summed E-state index contributed by atoms with van der Waals surface area (Å²) in [5.41, 5.74) is -0.818.